The zero-order chi connectivity index (χ0) is 17.4. The predicted molar refractivity (Wildman–Crippen MR) is 102 cm³/mol. The summed E-state index contributed by atoms with van der Waals surface area (Å²) < 4.78 is 0. The molecule has 0 aliphatic heterocycles. The molecule has 0 saturated heterocycles. The summed E-state index contributed by atoms with van der Waals surface area (Å²) in [4.78, 5) is 12.4. The summed E-state index contributed by atoms with van der Waals surface area (Å²) in [5.41, 5.74) is 3.14. The third-order valence-electron chi connectivity index (χ3n) is 3.54. The Labute approximate surface area is 151 Å². The molecule has 0 unspecified atom stereocenters. The van der Waals surface area contributed by atoms with Gasteiger partial charge < -0.3 is 4.90 Å². The summed E-state index contributed by atoms with van der Waals surface area (Å²) in [6.07, 6.45) is 3.90. The molecule has 24 heavy (non-hydrogen) atoms. The summed E-state index contributed by atoms with van der Waals surface area (Å²) in [5.74, 6) is 1.11. The maximum atomic E-state index is 10.6. The van der Waals surface area contributed by atoms with Gasteiger partial charge in [-0.25, -0.2) is 0 Å². The van der Waals surface area contributed by atoms with E-state index in [9.17, 15) is 10.1 Å². The normalized spacial score (nSPS) is 10.9. The first-order valence-electron chi connectivity index (χ1n) is 7.53. The Morgan fingerprint density at radius 3 is 1.75 bits per heavy atom. The summed E-state index contributed by atoms with van der Waals surface area (Å²) in [6, 6.07) is 14.6. The van der Waals surface area contributed by atoms with Gasteiger partial charge in [-0.05, 0) is 35.4 Å². The van der Waals surface area contributed by atoms with Crippen molar-refractivity contribution < 1.29 is 4.92 Å². The fraction of sp³-hybridized carbons (Fsp3) is 0.222. The van der Waals surface area contributed by atoms with Gasteiger partial charge in [0.25, 0.3) is 5.69 Å². The molecule has 126 valence electrons. The van der Waals surface area contributed by atoms with Crippen molar-refractivity contribution in [1.29, 1.82) is 0 Å². The quantitative estimate of drug-likeness (QED) is 0.285. The molecule has 0 atom stereocenters. The Kier molecular flexibility index (Phi) is 7.09. The minimum atomic E-state index is -0.403. The Morgan fingerprint density at radius 2 is 1.33 bits per heavy atom. The van der Waals surface area contributed by atoms with E-state index in [1.807, 2.05) is 36.4 Å². The molecule has 2 aromatic carbocycles. The fourth-order valence-corrected chi connectivity index (χ4v) is 2.68. The number of nitrogens with zero attached hydrogens (tertiary/aromatic N) is 2. The number of benzene rings is 2. The first kappa shape index (κ1) is 18.3. The summed E-state index contributed by atoms with van der Waals surface area (Å²) in [7, 11) is 0. The monoisotopic (exact) mass is 364 g/mol. The first-order chi connectivity index (χ1) is 11.6. The van der Waals surface area contributed by atoms with Crippen molar-refractivity contribution in [2.75, 3.05) is 29.7 Å². The van der Waals surface area contributed by atoms with Gasteiger partial charge in [0.15, 0.2) is 0 Å². The van der Waals surface area contributed by atoms with Crippen LogP contribution in [0.2, 0.25) is 0 Å². The van der Waals surface area contributed by atoms with E-state index in [-0.39, 0.29) is 5.69 Å². The highest BCUT2D eigenvalue weighted by Crippen LogP contribution is 2.18. The molecule has 0 radical (unpaired) electrons. The average Bonchev–Trinajstić information content (AvgIpc) is 2.60. The molecule has 0 saturated carbocycles. The SMILES string of the molecule is O=[N+]([O-])c1ccc(/C=C/c2ccc(N(CCCl)CCCl)cc2)cc1. The van der Waals surface area contributed by atoms with Crippen LogP contribution in [0.1, 0.15) is 11.1 Å². The van der Waals surface area contributed by atoms with Crippen LogP contribution in [-0.2, 0) is 0 Å². The van der Waals surface area contributed by atoms with Crippen LogP contribution in [0.5, 0.6) is 0 Å². The second-order valence-corrected chi connectivity index (χ2v) is 5.89. The largest absolute Gasteiger partial charge is 0.369 e. The molecule has 0 aliphatic carbocycles. The Balaban J connectivity index is 2.06. The van der Waals surface area contributed by atoms with E-state index in [0.29, 0.717) is 11.8 Å². The van der Waals surface area contributed by atoms with Gasteiger partial charge in [-0.3, -0.25) is 10.1 Å². The summed E-state index contributed by atoms with van der Waals surface area (Å²) in [5, 5.41) is 10.6. The zero-order valence-corrected chi connectivity index (χ0v) is 14.6. The van der Waals surface area contributed by atoms with Crippen molar-refractivity contribution in [3.05, 3.63) is 69.8 Å². The van der Waals surface area contributed by atoms with Crippen LogP contribution in [-0.4, -0.2) is 29.8 Å². The number of nitro benzene ring substituents is 1. The maximum Gasteiger partial charge on any atom is 0.269 e. The zero-order valence-electron chi connectivity index (χ0n) is 13.1. The van der Waals surface area contributed by atoms with Crippen LogP contribution >= 0.6 is 23.2 Å². The molecular formula is C18H18Cl2N2O2. The van der Waals surface area contributed by atoms with Crippen molar-refractivity contribution in [2.24, 2.45) is 0 Å². The molecule has 2 aromatic rings. The summed E-state index contributed by atoms with van der Waals surface area (Å²) >= 11 is 11.6. The topological polar surface area (TPSA) is 46.4 Å². The minimum Gasteiger partial charge on any atom is -0.369 e. The molecule has 2 rings (SSSR count). The predicted octanol–water partition coefficient (Wildman–Crippen LogP) is 5.05. The molecule has 0 amide bonds. The van der Waals surface area contributed by atoms with E-state index in [1.165, 1.54) is 12.1 Å². The van der Waals surface area contributed by atoms with Crippen molar-refractivity contribution in [3.8, 4) is 0 Å². The molecule has 0 fully saturated rings. The lowest BCUT2D eigenvalue weighted by Gasteiger charge is -2.22. The van der Waals surface area contributed by atoms with E-state index >= 15 is 0 Å². The number of alkyl halides is 2. The van der Waals surface area contributed by atoms with Crippen molar-refractivity contribution in [1.82, 2.24) is 0 Å². The van der Waals surface area contributed by atoms with E-state index in [2.05, 4.69) is 4.90 Å². The number of nitro groups is 1. The van der Waals surface area contributed by atoms with Gasteiger partial charge in [-0.1, -0.05) is 24.3 Å². The maximum absolute atomic E-state index is 10.6. The average molecular weight is 365 g/mol. The number of halogens is 2. The van der Waals surface area contributed by atoms with Gasteiger partial charge in [0, 0.05) is 42.7 Å². The molecule has 0 N–H and O–H groups in total. The van der Waals surface area contributed by atoms with Gasteiger partial charge in [0.05, 0.1) is 4.92 Å². The number of rotatable bonds is 8. The Hall–Kier alpha value is -2.04. The first-order valence-corrected chi connectivity index (χ1v) is 8.60. The highest BCUT2D eigenvalue weighted by atomic mass is 35.5. The van der Waals surface area contributed by atoms with E-state index in [4.69, 9.17) is 23.2 Å². The molecule has 0 heterocycles. The lowest BCUT2D eigenvalue weighted by Crippen LogP contribution is -2.27. The van der Waals surface area contributed by atoms with Crippen molar-refractivity contribution in [3.63, 3.8) is 0 Å². The van der Waals surface area contributed by atoms with Crippen LogP contribution in [0.15, 0.2) is 48.5 Å². The third kappa shape index (κ3) is 5.25. The molecular weight excluding hydrogens is 347 g/mol. The summed E-state index contributed by atoms with van der Waals surface area (Å²) in [6.45, 7) is 1.51. The van der Waals surface area contributed by atoms with Gasteiger partial charge >= 0.3 is 0 Å². The number of hydrogen-bond acceptors (Lipinski definition) is 3. The molecule has 0 aliphatic rings. The van der Waals surface area contributed by atoms with Gasteiger partial charge in [0.2, 0.25) is 0 Å². The number of non-ortho nitro benzene ring substituents is 1. The van der Waals surface area contributed by atoms with Crippen LogP contribution in [0.25, 0.3) is 12.2 Å². The van der Waals surface area contributed by atoms with Gasteiger partial charge in [-0.2, -0.15) is 0 Å². The molecule has 6 heteroatoms. The van der Waals surface area contributed by atoms with Gasteiger partial charge in [0.1, 0.15) is 0 Å². The number of anilines is 1. The van der Waals surface area contributed by atoms with Crippen LogP contribution in [0.3, 0.4) is 0 Å². The third-order valence-corrected chi connectivity index (χ3v) is 3.88. The van der Waals surface area contributed by atoms with Crippen LogP contribution < -0.4 is 4.90 Å². The fourth-order valence-electron chi connectivity index (χ4n) is 2.27. The highest BCUT2D eigenvalue weighted by Gasteiger charge is 2.05. The Bertz CT molecular complexity index is 679. The standard InChI is InChI=1S/C18H18Cl2N2O2/c19-11-13-21(14-12-20)17-7-3-15(4-8-17)1-2-16-5-9-18(10-6-16)22(23)24/h1-10H,11-14H2/b2-1+. The molecule has 0 spiro atoms. The van der Waals surface area contributed by atoms with E-state index < -0.39 is 4.92 Å². The second kappa shape index (κ2) is 9.30. The van der Waals surface area contributed by atoms with E-state index in [0.717, 1.165) is 29.9 Å². The van der Waals surface area contributed by atoms with Crippen LogP contribution in [0, 0.1) is 10.1 Å². The Morgan fingerprint density at radius 1 is 0.875 bits per heavy atom. The molecule has 0 bridgehead atoms. The molecule has 0 aromatic heterocycles. The molecule has 4 nitrogen and oxygen atoms in total. The highest BCUT2D eigenvalue weighted by molar-refractivity contribution is 6.18. The van der Waals surface area contributed by atoms with Gasteiger partial charge in [-0.15, -0.1) is 23.2 Å². The van der Waals surface area contributed by atoms with E-state index in [1.54, 1.807) is 12.1 Å². The number of hydrogen-bond donors (Lipinski definition) is 0. The van der Waals surface area contributed by atoms with Crippen molar-refractivity contribution >= 4 is 46.7 Å². The lowest BCUT2D eigenvalue weighted by molar-refractivity contribution is -0.384. The lowest BCUT2D eigenvalue weighted by atomic mass is 10.1. The smallest absolute Gasteiger partial charge is 0.269 e. The van der Waals surface area contributed by atoms with Crippen molar-refractivity contribution in [2.45, 2.75) is 0 Å². The minimum absolute atomic E-state index is 0.0928. The van der Waals surface area contributed by atoms with Crippen LogP contribution in [0.4, 0.5) is 11.4 Å². The second-order valence-electron chi connectivity index (χ2n) is 5.14.